The molecule has 3 rings (SSSR count). The number of halogens is 1. The maximum atomic E-state index is 13.1. The average molecular weight is 485 g/mol. The second-order valence-corrected chi connectivity index (χ2v) is 9.28. The molecule has 0 aromatic heterocycles. The number of carbonyl (C=O) groups is 3. The second-order valence-electron chi connectivity index (χ2n) is 8.87. The monoisotopic (exact) mass is 484 g/mol. The van der Waals surface area contributed by atoms with Gasteiger partial charge in [-0.3, -0.25) is 9.59 Å². The van der Waals surface area contributed by atoms with Gasteiger partial charge in [0.15, 0.2) is 0 Å². The lowest BCUT2D eigenvalue weighted by Gasteiger charge is -2.36. The number of urea groups is 1. The molecule has 0 radical (unpaired) electrons. The van der Waals surface area contributed by atoms with Gasteiger partial charge in [0.2, 0.25) is 5.91 Å². The molecule has 34 heavy (non-hydrogen) atoms. The van der Waals surface area contributed by atoms with Crippen molar-refractivity contribution in [3.63, 3.8) is 0 Å². The fourth-order valence-corrected chi connectivity index (χ4v) is 4.19. The fourth-order valence-electron chi connectivity index (χ4n) is 3.97. The van der Waals surface area contributed by atoms with Crippen LogP contribution < -0.4 is 16.0 Å². The molecule has 2 aromatic carbocycles. The molecule has 0 saturated carbocycles. The lowest BCUT2D eigenvalue weighted by atomic mass is 9.88. The number of hydrogen-bond donors (Lipinski definition) is 3. The minimum absolute atomic E-state index is 0.00686. The SMILES string of the molecule is CC[C@@H](C)NC(=O)[C@@H](NC(=O)c1ccccc1Cl)C1CCN(C(=O)Nc2ccc(C)cc2)CC1. The van der Waals surface area contributed by atoms with Crippen molar-refractivity contribution in [2.24, 2.45) is 5.92 Å². The van der Waals surface area contributed by atoms with Crippen LogP contribution in [0.1, 0.15) is 49.0 Å². The van der Waals surface area contributed by atoms with Gasteiger partial charge in [-0.2, -0.15) is 0 Å². The largest absolute Gasteiger partial charge is 0.352 e. The third-order valence-electron chi connectivity index (χ3n) is 6.29. The zero-order valence-electron chi connectivity index (χ0n) is 19.9. The molecular formula is C26H33ClN4O3. The summed E-state index contributed by atoms with van der Waals surface area (Å²) in [6.45, 7) is 6.92. The van der Waals surface area contributed by atoms with E-state index in [4.69, 9.17) is 11.6 Å². The van der Waals surface area contributed by atoms with Gasteiger partial charge in [0.05, 0.1) is 10.6 Å². The maximum absolute atomic E-state index is 13.1. The highest BCUT2D eigenvalue weighted by molar-refractivity contribution is 6.33. The minimum atomic E-state index is -0.708. The first-order chi connectivity index (χ1) is 16.3. The Hall–Kier alpha value is -3.06. The molecule has 2 aromatic rings. The molecule has 1 fully saturated rings. The van der Waals surface area contributed by atoms with E-state index in [1.54, 1.807) is 29.2 Å². The highest BCUT2D eigenvalue weighted by Crippen LogP contribution is 2.23. The molecule has 7 nitrogen and oxygen atoms in total. The zero-order chi connectivity index (χ0) is 24.7. The Morgan fingerprint density at radius 3 is 2.29 bits per heavy atom. The van der Waals surface area contributed by atoms with E-state index in [0.717, 1.165) is 17.7 Å². The molecule has 1 aliphatic heterocycles. The number of hydrogen-bond acceptors (Lipinski definition) is 3. The van der Waals surface area contributed by atoms with Gasteiger partial charge in [-0.15, -0.1) is 0 Å². The molecular weight excluding hydrogens is 452 g/mol. The van der Waals surface area contributed by atoms with Crippen molar-refractivity contribution >= 4 is 35.1 Å². The van der Waals surface area contributed by atoms with Crippen molar-refractivity contribution in [1.29, 1.82) is 0 Å². The lowest BCUT2D eigenvalue weighted by molar-refractivity contribution is -0.125. The van der Waals surface area contributed by atoms with Crippen molar-refractivity contribution in [3.05, 3.63) is 64.7 Å². The molecule has 1 aliphatic rings. The van der Waals surface area contributed by atoms with Crippen molar-refractivity contribution in [3.8, 4) is 0 Å². The molecule has 0 aliphatic carbocycles. The number of rotatable bonds is 7. The molecule has 1 saturated heterocycles. The maximum Gasteiger partial charge on any atom is 0.321 e. The normalized spacial score (nSPS) is 15.8. The Morgan fingerprint density at radius 1 is 1.03 bits per heavy atom. The van der Waals surface area contributed by atoms with E-state index < -0.39 is 6.04 Å². The van der Waals surface area contributed by atoms with Gasteiger partial charge in [0.1, 0.15) is 6.04 Å². The summed E-state index contributed by atoms with van der Waals surface area (Å²) in [5, 5.41) is 9.16. The van der Waals surface area contributed by atoms with Crippen molar-refractivity contribution in [2.45, 2.75) is 52.1 Å². The van der Waals surface area contributed by atoms with Gasteiger partial charge in [0.25, 0.3) is 5.91 Å². The Kier molecular flexibility index (Phi) is 8.93. The van der Waals surface area contributed by atoms with Gasteiger partial charge < -0.3 is 20.9 Å². The predicted octanol–water partition coefficient (Wildman–Crippen LogP) is 4.61. The van der Waals surface area contributed by atoms with Crippen molar-refractivity contribution < 1.29 is 14.4 Å². The first kappa shape index (κ1) is 25.6. The molecule has 2 atom stereocenters. The van der Waals surface area contributed by atoms with Crippen LogP contribution >= 0.6 is 11.6 Å². The quantitative estimate of drug-likeness (QED) is 0.536. The highest BCUT2D eigenvalue weighted by Gasteiger charge is 2.34. The molecule has 0 spiro atoms. The number of nitrogens with one attached hydrogen (secondary N) is 3. The molecule has 8 heteroatoms. The van der Waals surface area contributed by atoms with Crippen LogP contribution in [0.3, 0.4) is 0 Å². The van der Waals surface area contributed by atoms with E-state index in [1.165, 1.54) is 0 Å². The van der Waals surface area contributed by atoms with E-state index in [2.05, 4.69) is 16.0 Å². The van der Waals surface area contributed by atoms with Crippen molar-refractivity contribution in [2.75, 3.05) is 18.4 Å². The van der Waals surface area contributed by atoms with Crippen LogP contribution in [0.15, 0.2) is 48.5 Å². The topological polar surface area (TPSA) is 90.5 Å². The van der Waals surface area contributed by atoms with Gasteiger partial charge in [-0.05, 0) is 63.3 Å². The minimum Gasteiger partial charge on any atom is -0.352 e. The summed E-state index contributed by atoms with van der Waals surface area (Å²) in [5.74, 6) is -0.689. The third-order valence-corrected chi connectivity index (χ3v) is 6.62. The second kappa shape index (κ2) is 11.9. The smallest absolute Gasteiger partial charge is 0.321 e. The summed E-state index contributed by atoms with van der Waals surface area (Å²) < 4.78 is 0. The predicted molar refractivity (Wildman–Crippen MR) is 135 cm³/mol. The number of amides is 4. The molecule has 3 N–H and O–H groups in total. The van der Waals surface area contributed by atoms with Crippen LogP contribution in [0.2, 0.25) is 5.02 Å². The summed E-state index contributed by atoms with van der Waals surface area (Å²) in [6.07, 6.45) is 1.99. The number of piperidine rings is 1. The fraction of sp³-hybridized carbons (Fsp3) is 0.423. The van der Waals surface area contributed by atoms with Crippen LogP contribution in [0.25, 0.3) is 0 Å². The van der Waals surface area contributed by atoms with E-state index in [0.29, 0.717) is 36.5 Å². The number of anilines is 1. The molecule has 0 bridgehead atoms. The number of likely N-dealkylation sites (tertiary alicyclic amines) is 1. The van der Waals surface area contributed by atoms with Crippen LogP contribution in [-0.4, -0.2) is 47.9 Å². The molecule has 182 valence electrons. The summed E-state index contributed by atoms with van der Waals surface area (Å²) in [6, 6.07) is 13.5. The number of aryl methyl sites for hydroxylation is 1. The van der Waals surface area contributed by atoms with E-state index in [1.807, 2.05) is 45.0 Å². The van der Waals surface area contributed by atoms with Crippen LogP contribution in [-0.2, 0) is 4.79 Å². The molecule has 1 heterocycles. The highest BCUT2D eigenvalue weighted by atomic mass is 35.5. The van der Waals surface area contributed by atoms with Crippen molar-refractivity contribution in [1.82, 2.24) is 15.5 Å². The summed E-state index contributed by atoms with van der Waals surface area (Å²) in [4.78, 5) is 40.5. The van der Waals surface area contributed by atoms with Gasteiger partial charge in [0, 0.05) is 24.8 Å². The first-order valence-electron chi connectivity index (χ1n) is 11.8. The van der Waals surface area contributed by atoms with Gasteiger partial charge in [-0.25, -0.2) is 4.79 Å². The van der Waals surface area contributed by atoms with E-state index in [-0.39, 0.29) is 29.8 Å². The molecule has 0 unspecified atom stereocenters. The standard InChI is InChI=1S/C26H33ClN4O3/c1-4-18(3)28-25(33)23(30-24(32)21-7-5-6-8-22(21)27)19-13-15-31(16-14-19)26(34)29-20-11-9-17(2)10-12-20/h5-12,18-19,23H,4,13-16H2,1-3H3,(H,28,33)(H,29,34)(H,30,32)/t18-,23+/m1/s1. The Bertz CT molecular complexity index is 1000. The van der Waals surface area contributed by atoms with Crippen LogP contribution in [0, 0.1) is 12.8 Å². The van der Waals surface area contributed by atoms with E-state index in [9.17, 15) is 14.4 Å². The molecule has 4 amide bonds. The lowest BCUT2D eigenvalue weighted by Crippen LogP contribution is -2.55. The number of nitrogens with zero attached hydrogens (tertiary/aromatic N) is 1. The number of benzene rings is 2. The average Bonchev–Trinajstić information content (AvgIpc) is 2.84. The Morgan fingerprint density at radius 2 is 1.68 bits per heavy atom. The summed E-state index contributed by atoms with van der Waals surface area (Å²) in [7, 11) is 0. The Balaban J connectivity index is 1.66. The van der Waals surface area contributed by atoms with Gasteiger partial charge >= 0.3 is 6.03 Å². The van der Waals surface area contributed by atoms with Crippen LogP contribution in [0.4, 0.5) is 10.5 Å². The van der Waals surface area contributed by atoms with E-state index >= 15 is 0 Å². The number of carbonyl (C=O) groups excluding carboxylic acids is 3. The Labute approximate surface area is 206 Å². The summed E-state index contributed by atoms with van der Waals surface area (Å²) in [5.41, 5.74) is 2.20. The van der Waals surface area contributed by atoms with Crippen LogP contribution in [0.5, 0.6) is 0 Å². The first-order valence-corrected chi connectivity index (χ1v) is 12.1. The third kappa shape index (κ3) is 6.73. The van der Waals surface area contributed by atoms with Gasteiger partial charge in [-0.1, -0.05) is 48.4 Å². The summed E-state index contributed by atoms with van der Waals surface area (Å²) >= 11 is 6.19. The zero-order valence-corrected chi connectivity index (χ0v) is 20.7.